The number of carbonyl (C=O) groups excluding carboxylic acids is 1. The van der Waals surface area contributed by atoms with E-state index < -0.39 is 0 Å². The molecule has 4 nitrogen and oxygen atoms in total. The molecule has 1 aromatic heterocycles. The maximum atomic E-state index is 10.8. The quantitative estimate of drug-likeness (QED) is 0.660. The third-order valence-electron chi connectivity index (χ3n) is 1.61. The SMILES string of the molecule is CC(=O)N(C)Cc1cc(C)on1. The molecule has 0 aliphatic heterocycles. The molecule has 1 heterocycles. The normalized spacial score (nSPS) is 9.92. The van der Waals surface area contributed by atoms with Crippen molar-refractivity contribution in [3.05, 3.63) is 17.5 Å². The Balaban J connectivity index is 2.58. The van der Waals surface area contributed by atoms with Crippen molar-refractivity contribution in [1.82, 2.24) is 10.1 Å². The highest BCUT2D eigenvalue weighted by Gasteiger charge is 2.06. The van der Waals surface area contributed by atoms with Crippen molar-refractivity contribution in [3.8, 4) is 0 Å². The van der Waals surface area contributed by atoms with Gasteiger partial charge in [-0.25, -0.2) is 0 Å². The fourth-order valence-corrected chi connectivity index (χ4v) is 0.847. The lowest BCUT2D eigenvalue weighted by Crippen LogP contribution is -2.23. The van der Waals surface area contributed by atoms with Gasteiger partial charge in [-0.1, -0.05) is 5.16 Å². The minimum atomic E-state index is 0.0238. The average molecular weight is 168 g/mol. The molecule has 0 saturated carbocycles. The predicted molar refractivity (Wildman–Crippen MR) is 43.4 cm³/mol. The molecule has 4 heteroatoms. The molecule has 1 amide bonds. The molecule has 0 aliphatic carbocycles. The van der Waals surface area contributed by atoms with Gasteiger partial charge in [0.1, 0.15) is 11.5 Å². The summed E-state index contributed by atoms with van der Waals surface area (Å²) in [5.74, 6) is 0.789. The number of carbonyl (C=O) groups is 1. The van der Waals surface area contributed by atoms with E-state index in [0.29, 0.717) is 6.54 Å². The lowest BCUT2D eigenvalue weighted by atomic mass is 10.3. The Morgan fingerprint density at radius 2 is 2.42 bits per heavy atom. The zero-order chi connectivity index (χ0) is 9.14. The van der Waals surface area contributed by atoms with E-state index in [-0.39, 0.29) is 5.91 Å². The largest absolute Gasteiger partial charge is 0.361 e. The van der Waals surface area contributed by atoms with Crippen molar-refractivity contribution < 1.29 is 9.32 Å². The number of aryl methyl sites for hydroxylation is 1. The molecule has 0 aromatic carbocycles. The Hall–Kier alpha value is -1.32. The fourth-order valence-electron chi connectivity index (χ4n) is 0.847. The van der Waals surface area contributed by atoms with Gasteiger partial charge in [-0.05, 0) is 6.92 Å². The molecule has 0 spiro atoms. The van der Waals surface area contributed by atoms with Crippen molar-refractivity contribution in [2.45, 2.75) is 20.4 Å². The summed E-state index contributed by atoms with van der Waals surface area (Å²) in [4.78, 5) is 12.4. The number of hydrogen-bond acceptors (Lipinski definition) is 3. The molecule has 0 bridgehead atoms. The molecule has 0 aliphatic rings. The van der Waals surface area contributed by atoms with Crippen LogP contribution in [-0.2, 0) is 11.3 Å². The van der Waals surface area contributed by atoms with Gasteiger partial charge in [-0.3, -0.25) is 4.79 Å². The third kappa shape index (κ3) is 2.08. The van der Waals surface area contributed by atoms with Crippen molar-refractivity contribution in [2.24, 2.45) is 0 Å². The highest BCUT2D eigenvalue weighted by Crippen LogP contribution is 2.03. The molecule has 0 N–H and O–H groups in total. The summed E-state index contributed by atoms with van der Waals surface area (Å²) in [6.45, 7) is 3.85. The standard InChI is InChI=1S/C8H12N2O2/c1-6-4-8(9-12-6)5-10(3)7(2)11/h4H,5H2,1-3H3. The van der Waals surface area contributed by atoms with E-state index in [9.17, 15) is 4.79 Å². The van der Waals surface area contributed by atoms with Crippen LogP contribution in [0.25, 0.3) is 0 Å². The van der Waals surface area contributed by atoms with Gasteiger partial charge >= 0.3 is 0 Å². The van der Waals surface area contributed by atoms with E-state index in [0.717, 1.165) is 11.5 Å². The lowest BCUT2D eigenvalue weighted by molar-refractivity contribution is -0.128. The number of hydrogen-bond donors (Lipinski definition) is 0. The van der Waals surface area contributed by atoms with Crippen LogP contribution in [0.1, 0.15) is 18.4 Å². The van der Waals surface area contributed by atoms with E-state index in [1.807, 2.05) is 13.0 Å². The van der Waals surface area contributed by atoms with Crippen LogP contribution in [0.15, 0.2) is 10.6 Å². The van der Waals surface area contributed by atoms with Crippen LogP contribution in [0.2, 0.25) is 0 Å². The summed E-state index contributed by atoms with van der Waals surface area (Å²) < 4.78 is 4.86. The monoisotopic (exact) mass is 168 g/mol. The first-order valence-corrected chi connectivity index (χ1v) is 3.73. The van der Waals surface area contributed by atoms with Gasteiger partial charge in [0.2, 0.25) is 5.91 Å². The zero-order valence-electron chi connectivity index (χ0n) is 7.50. The van der Waals surface area contributed by atoms with Crippen LogP contribution in [0.5, 0.6) is 0 Å². The highest BCUT2D eigenvalue weighted by atomic mass is 16.5. The maximum Gasteiger partial charge on any atom is 0.219 e. The summed E-state index contributed by atoms with van der Waals surface area (Å²) in [5.41, 5.74) is 0.783. The number of rotatable bonds is 2. The zero-order valence-corrected chi connectivity index (χ0v) is 7.50. The second-order valence-electron chi connectivity index (χ2n) is 2.80. The highest BCUT2D eigenvalue weighted by molar-refractivity contribution is 5.72. The van der Waals surface area contributed by atoms with Gasteiger partial charge in [-0.15, -0.1) is 0 Å². The topological polar surface area (TPSA) is 46.3 Å². The van der Waals surface area contributed by atoms with Gasteiger partial charge in [0.05, 0.1) is 6.54 Å². The number of amides is 1. The van der Waals surface area contributed by atoms with E-state index in [1.54, 1.807) is 11.9 Å². The summed E-state index contributed by atoms with van der Waals surface area (Å²) in [6, 6.07) is 1.82. The van der Waals surface area contributed by atoms with Gasteiger partial charge in [0.25, 0.3) is 0 Å². The molecule has 0 unspecified atom stereocenters. The first-order chi connectivity index (χ1) is 5.59. The molecule has 66 valence electrons. The summed E-state index contributed by atoms with van der Waals surface area (Å²) in [7, 11) is 1.73. The van der Waals surface area contributed by atoms with Crippen LogP contribution < -0.4 is 0 Å². The first kappa shape index (κ1) is 8.77. The minimum Gasteiger partial charge on any atom is -0.361 e. The molecule has 0 radical (unpaired) electrons. The third-order valence-corrected chi connectivity index (χ3v) is 1.61. The van der Waals surface area contributed by atoms with Gasteiger partial charge in [0, 0.05) is 20.0 Å². The van der Waals surface area contributed by atoms with E-state index >= 15 is 0 Å². The van der Waals surface area contributed by atoms with Crippen LogP contribution in [0.3, 0.4) is 0 Å². The van der Waals surface area contributed by atoms with Crippen molar-refractivity contribution in [1.29, 1.82) is 0 Å². The Bertz CT molecular complexity index is 280. The fraction of sp³-hybridized carbons (Fsp3) is 0.500. The summed E-state index contributed by atoms with van der Waals surface area (Å²) >= 11 is 0. The maximum absolute atomic E-state index is 10.8. The first-order valence-electron chi connectivity index (χ1n) is 3.73. The van der Waals surface area contributed by atoms with Crippen LogP contribution in [0.4, 0.5) is 0 Å². The molecule has 0 saturated heterocycles. The Kier molecular flexibility index (Phi) is 2.47. The minimum absolute atomic E-state index is 0.0238. The van der Waals surface area contributed by atoms with Crippen LogP contribution >= 0.6 is 0 Å². The van der Waals surface area contributed by atoms with Crippen LogP contribution in [-0.4, -0.2) is 23.0 Å². The van der Waals surface area contributed by atoms with Gasteiger partial charge < -0.3 is 9.42 Å². The predicted octanol–water partition coefficient (Wildman–Crippen LogP) is 0.961. The molecule has 0 atom stereocenters. The molecular weight excluding hydrogens is 156 g/mol. The molecule has 1 rings (SSSR count). The average Bonchev–Trinajstić information content (AvgIpc) is 2.35. The Morgan fingerprint density at radius 1 is 1.75 bits per heavy atom. The van der Waals surface area contributed by atoms with E-state index in [2.05, 4.69) is 5.16 Å². The molecule has 1 aromatic rings. The molecular formula is C8H12N2O2. The Morgan fingerprint density at radius 3 is 2.83 bits per heavy atom. The van der Waals surface area contributed by atoms with Gasteiger partial charge in [-0.2, -0.15) is 0 Å². The van der Waals surface area contributed by atoms with Gasteiger partial charge in [0.15, 0.2) is 0 Å². The lowest BCUT2D eigenvalue weighted by Gasteiger charge is -2.11. The van der Waals surface area contributed by atoms with Crippen molar-refractivity contribution >= 4 is 5.91 Å². The number of nitrogens with zero attached hydrogens (tertiary/aromatic N) is 2. The molecule has 0 fully saturated rings. The number of aromatic nitrogens is 1. The summed E-state index contributed by atoms with van der Waals surface area (Å²) in [6.07, 6.45) is 0. The van der Waals surface area contributed by atoms with Crippen LogP contribution in [0, 0.1) is 6.92 Å². The summed E-state index contributed by atoms with van der Waals surface area (Å²) in [5, 5.41) is 3.77. The second-order valence-corrected chi connectivity index (χ2v) is 2.80. The second kappa shape index (κ2) is 3.38. The van der Waals surface area contributed by atoms with Crippen molar-refractivity contribution in [2.75, 3.05) is 7.05 Å². The smallest absolute Gasteiger partial charge is 0.219 e. The van der Waals surface area contributed by atoms with E-state index in [1.165, 1.54) is 6.92 Å². The van der Waals surface area contributed by atoms with E-state index in [4.69, 9.17) is 4.52 Å². The van der Waals surface area contributed by atoms with Crippen molar-refractivity contribution in [3.63, 3.8) is 0 Å². The molecule has 12 heavy (non-hydrogen) atoms. The Labute approximate surface area is 71.1 Å².